The van der Waals surface area contributed by atoms with Crippen LogP contribution in [0.15, 0.2) is 39.0 Å². The highest BCUT2D eigenvalue weighted by Gasteiger charge is 2.04. The Bertz CT molecular complexity index is 835. The topological polar surface area (TPSA) is 132 Å². The molecule has 0 aliphatic rings. The van der Waals surface area contributed by atoms with Crippen LogP contribution in [0.1, 0.15) is 30.9 Å². The molecule has 0 atom stereocenters. The number of nitrogens with one attached hydrogen (secondary N) is 4. The zero-order chi connectivity index (χ0) is 17.5. The van der Waals surface area contributed by atoms with Crippen LogP contribution >= 0.6 is 0 Å². The number of amides is 1. The summed E-state index contributed by atoms with van der Waals surface area (Å²) in [5.74, 6) is -0.165. The quantitative estimate of drug-likeness (QED) is 0.442. The molecular weight excluding hydrogens is 312 g/mol. The number of hydrazone groups is 1. The van der Waals surface area contributed by atoms with E-state index in [9.17, 15) is 14.4 Å². The smallest absolute Gasteiger partial charge is 0.342 e. The molecule has 9 heteroatoms. The van der Waals surface area contributed by atoms with Gasteiger partial charge in [-0.05, 0) is 17.0 Å². The molecule has 126 valence electrons. The molecule has 1 amide bonds. The molecular formula is C15H18N6O3. The Labute approximate surface area is 137 Å². The summed E-state index contributed by atoms with van der Waals surface area (Å²) in [6.07, 6.45) is 1.52. The third-order valence-electron chi connectivity index (χ3n) is 3.13. The summed E-state index contributed by atoms with van der Waals surface area (Å²) in [4.78, 5) is 35.8. The number of nitrogens with zero attached hydrogens (tertiary/aromatic N) is 2. The SMILES string of the molecule is CC(C)c1ccc(/C=N/NC(=O)CNc2n[nH]c(=O)[nH]c2=O)cc1. The summed E-state index contributed by atoms with van der Waals surface area (Å²) in [6.45, 7) is 4.00. The largest absolute Gasteiger partial charge is 0.355 e. The van der Waals surface area contributed by atoms with Gasteiger partial charge in [-0.1, -0.05) is 38.1 Å². The number of benzene rings is 1. The minimum absolute atomic E-state index is 0.155. The molecule has 0 aliphatic carbocycles. The summed E-state index contributed by atoms with van der Waals surface area (Å²) in [5, 5.41) is 11.9. The molecule has 0 aliphatic heterocycles. The van der Waals surface area contributed by atoms with Gasteiger partial charge in [0.1, 0.15) is 0 Å². The van der Waals surface area contributed by atoms with E-state index in [1.54, 1.807) is 0 Å². The number of carbonyl (C=O) groups is 1. The van der Waals surface area contributed by atoms with Crippen molar-refractivity contribution in [3.8, 4) is 0 Å². The second-order valence-electron chi connectivity index (χ2n) is 5.32. The van der Waals surface area contributed by atoms with Crippen molar-refractivity contribution >= 4 is 17.9 Å². The van der Waals surface area contributed by atoms with E-state index in [1.807, 2.05) is 29.2 Å². The van der Waals surface area contributed by atoms with Gasteiger partial charge in [0.25, 0.3) is 11.5 Å². The van der Waals surface area contributed by atoms with Crippen molar-refractivity contribution < 1.29 is 4.79 Å². The summed E-state index contributed by atoms with van der Waals surface area (Å²) < 4.78 is 0. The van der Waals surface area contributed by atoms with Crippen LogP contribution in [0.3, 0.4) is 0 Å². The average molecular weight is 330 g/mol. The molecule has 24 heavy (non-hydrogen) atoms. The Hall–Kier alpha value is -3.23. The fourth-order valence-electron chi connectivity index (χ4n) is 1.82. The molecule has 0 unspecified atom stereocenters. The molecule has 0 bridgehead atoms. The number of rotatable bonds is 6. The van der Waals surface area contributed by atoms with Crippen molar-refractivity contribution in [1.82, 2.24) is 20.6 Å². The Morgan fingerprint density at radius 2 is 2.00 bits per heavy atom. The number of aromatic amines is 2. The van der Waals surface area contributed by atoms with Crippen molar-refractivity contribution in [2.75, 3.05) is 11.9 Å². The van der Waals surface area contributed by atoms with Crippen LogP contribution < -0.4 is 22.0 Å². The molecule has 2 aromatic rings. The van der Waals surface area contributed by atoms with Crippen LogP contribution in [-0.4, -0.2) is 33.8 Å². The Morgan fingerprint density at radius 1 is 1.29 bits per heavy atom. The molecule has 9 nitrogen and oxygen atoms in total. The molecule has 4 N–H and O–H groups in total. The highest BCUT2D eigenvalue weighted by Crippen LogP contribution is 2.13. The lowest BCUT2D eigenvalue weighted by Gasteiger charge is -2.04. The maximum Gasteiger partial charge on any atom is 0.342 e. The number of carbonyl (C=O) groups excluding carboxylic acids is 1. The molecule has 1 aromatic carbocycles. The van der Waals surface area contributed by atoms with Gasteiger partial charge >= 0.3 is 5.69 Å². The van der Waals surface area contributed by atoms with Gasteiger partial charge in [0.15, 0.2) is 0 Å². The normalized spacial score (nSPS) is 11.0. The van der Waals surface area contributed by atoms with Crippen LogP contribution in [-0.2, 0) is 4.79 Å². The van der Waals surface area contributed by atoms with Gasteiger partial charge < -0.3 is 5.32 Å². The van der Waals surface area contributed by atoms with Crippen molar-refractivity contribution in [1.29, 1.82) is 0 Å². The number of hydrogen-bond acceptors (Lipinski definition) is 6. The van der Waals surface area contributed by atoms with Crippen LogP contribution in [0.25, 0.3) is 0 Å². The van der Waals surface area contributed by atoms with E-state index in [4.69, 9.17) is 0 Å². The highest BCUT2D eigenvalue weighted by atomic mass is 16.2. The second kappa shape index (κ2) is 7.86. The first kappa shape index (κ1) is 17.1. The summed E-state index contributed by atoms with van der Waals surface area (Å²) in [6, 6.07) is 7.83. The summed E-state index contributed by atoms with van der Waals surface area (Å²) >= 11 is 0. The van der Waals surface area contributed by atoms with Crippen LogP contribution in [0, 0.1) is 0 Å². The number of anilines is 1. The van der Waals surface area contributed by atoms with Gasteiger partial charge in [-0.25, -0.2) is 15.3 Å². The van der Waals surface area contributed by atoms with Crippen molar-refractivity contribution in [3.05, 3.63) is 56.2 Å². The van der Waals surface area contributed by atoms with E-state index in [0.29, 0.717) is 5.92 Å². The third-order valence-corrected chi connectivity index (χ3v) is 3.13. The summed E-state index contributed by atoms with van der Waals surface area (Å²) in [5.41, 5.74) is 2.97. The van der Waals surface area contributed by atoms with Gasteiger partial charge in [-0.2, -0.15) is 5.10 Å². The van der Waals surface area contributed by atoms with E-state index < -0.39 is 17.2 Å². The first-order valence-electron chi connectivity index (χ1n) is 7.30. The van der Waals surface area contributed by atoms with E-state index in [-0.39, 0.29) is 12.4 Å². The zero-order valence-electron chi connectivity index (χ0n) is 13.3. The van der Waals surface area contributed by atoms with Gasteiger partial charge in [0.05, 0.1) is 12.8 Å². The lowest BCUT2D eigenvalue weighted by atomic mass is 10.0. The van der Waals surface area contributed by atoms with E-state index in [1.165, 1.54) is 11.8 Å². The van der Waals surface area contributed by atoms with E-state index in [0.717, 1.165) is 5.56 Å². The molecule has 0 saturated carbocycles. The van der Waals surface area contributed by atoms with E-state index >= 15 is 0 Å². The first-order chi connectivity index (χ1) is 11.5. The minimum atomic E-state index is -0.719. The fraction of sp³-hybridized carbons (Fsp3) is 0.267. The standard InChI is InChI=1S/C15H18N6O3/c1-9(2)11-5-3-10(4-6-11)7-17-19-12(22)8-16-13-14(23)18-15(24)21-20-13/h3-7,9H,8H2,1-2H3,(H,16,20)(H,19,22)(H2,18,21,23,24)/b17-7+. The Morgan fingerprint density at radius 3 is 2.62 bits per heavy atom. The molecule has 0 saturated heterocycles. The van der Waals surface area contributed by atoms with Crippen molar-refractivity contribution in [2.45, 2.75) is 19.8 Å². The molecule has 2 rings (SSSR count). The summed E-state index contributed by atoms with van der Waals surface area (Å²) in [7, 11) is 0. The number of hydrogen-bond donors (Lipinski definition) is 4. The van der Waals surface area contributed by atoms with Gasteiger partial charge in [0, 0.05) is 0 Å². The molecule has 1 heterocycles. The lowest BCUT2D eigenvalue weighted by Crippen LogP contribution is -2.31. The fourth-order valence-corrected chi connectivity index (χ4v) is 1.82. The van der Waals surface area contributed by atoms with Gasteiger partial charge in [0.2, 0.25) is 5.82 Å². The van der Waals surface area contributed by atoms with Crippen molar-refractivity contribution in [3.63, 3.8) is 0 Å². The third kappa shape index (κ3) is 4.90. The highest BCUT2D eigenvalue weighted by molar-refractivity contribution is 5.84. The Kier molecular flexibility index (Phi) is 5.61. The van der Waals surface area contributed by atoms with Crippen LogP contribution in [0.5, 0.6) is 0 Å². The predicted molar refractivity (Wildman–Crippen MR) is 90.2 cm³/mol. The first-order valence-corrected chi connectivity index (χ1v) is 7.30. The molecule has 0 spiro atoms. The molecule has 1 aromatic heterocycles. The van der Waals surface area contributed by atoms with Gasteiger partial charge in [-0.15, -0.1) is 5.10 Å². The zero-order valence-corrected chi connectivity index (χ0v) is 13.3. The molecule has 0 radical (unpaired) electrons. The molecule has 0 fully saturated rings. The predicted octanol–water partition coefficient (Wildman–Crippen LogP) is 0.144. The van der Waals surface area contributed by atoms with Crippen LogP contribution in [0.4, 0.5) is 5.82 Å². The Balaban J connectivity index is 1.84. The second-order valence-corrected chi connectivity index (χ2v) is 5.32. The monoisotopic (exact) mass is 330 g/mol. The lowest BCUT2D eigenvalue weighted by molar-refractivity contribution is -0.119. The maximum absolute atomic E-state index is 11.6. The average Bonchev–Trinajstić information content (AvgIpc) is 2.54. The maximum atomic E-state index is 11.6. The van der Waals surface area contributed by atoms with Gasteiger partial charge in [-0.3, -0.25) is 14.6 Å². The number of H-pyrrole nitrogens is 2. The van der Waals surface area contributed by atoms with Crippen LogP contribution in [0.2, 0.25) is 0 Å². The van der Waals surface area contributed by atoms with E-state index in [2.05, 4.69) is 39.9 Å². The minimum Gasteiger partial charge on any atom is -0.355 e. The number of aromatic nitrogens is 3. The van der Waals surface area contributed by atoms with Crippen molar-refractivity contribution in [2.24, 2.45) is 5.10 Å².